The number of aromatic nitrogens is 3. The van der Waals surface area contributed by atoms with Crippen molar-refractivity contribution >= 4 is 21.9 Å². The Bertz CT molecular complexity index is 1220. The lowest BCUT2D eigenvalue weighted by atomic mass is 10.1. The molecule has 3 heterocycles. The molecule has 0 unspecified atom stereocenters. The van der Waals surface area contributed by atoms with E-state index in [9.17, 15) is 4.79 Å². The van der Waals surface area contributed by atoms with Crippen molar-refractivity contribution in [2.24, 2.45) is 0 Å². The summed E-state index contributed by atoms with van der Waals surface area (Å²) in [5.41, 5.74) is 2.89. The minimum atomic E-state index is -0.151. The number of pyridine rings is 1. The van der Waals surface area contributed by atoms with Crippen LogP contribution in [0.25, 0.3) is 33.3 Å². The Morgan fingerprint density at radius 3 is 2.73 bits per heavy atom. The van der Waals surface area contributed by atoms with Crippen LogP contribution in [-0.2, 0) is 0 Å². The van der Waals surface area contributed by atoms with Crippen molar-refractivity contribution < 1.29 is 4.74 Å². The lowest BCUT2D eigenvalue weighted by Gasteiger charge is -2.26. The summed E-state index contributed by atoms with van der Waals surface area (Å²) in [6, 6.07) is 15.5. The minimum Gasteiger partial charge on any atom is -0.493 e. The predicted octanol–water partition coefficient (Wildman–Crippen LogP) is 4.33. The van der Waals surface area contributed by atoms with Crippen LogP contribution < -0.4 is 10.3 Å². The SMILES string of the molecule is O=c1[nH]c2ccccc2cc1-c1nc2ccc(OCCCN3CCCCC3)cc2[nH]1. The molecule has 2 aromatic carbocycles. The minimum absolute atomic E-state index is 0.151. The van der Waals surface area contributed by atoms with Crippen molar-refractivity contribution in [2.45, 2.75) is 25.7 Å². The molecule has 0 bridgehead atoms. The molecule has 1 saturated heterocycles. The van der Waals surface area contributed by atoms with E-state index in [2.05, 4.69) is 19.9 Å². The standard InChI is InChI=1S/C24H26N4O2/c29-24-19(15-17-7-2-3-8-20(17)27-24)23-25-21-10-9-18(16-22(21)26-23)30-14-6-13-28-11-4-1-5-12-28/h2-3,7-10,15-16H,1,4-6,11-14H2,(H,25,26)(H,27,29). The molecular weight excluding hydrogens is 376 g/mol. The molecule has 0 spiro atoms. The predicted molar refractivity (Wildman–Crippen MR) is 120 cm³/mol. The van der Waals surface area contributed by atoms with Gasteiger partial charge in [-0.15, -0.1) is 0 Å². The van der Waals surface area contributed by atoms with Crippen LogP contribution in [0.1, 0.15) is 25.7 Å². The highest BCUT2D eigenvalue weighted by molar-refractivity contribution is 5.85. The number of nitrogens with one attached hydrogen (secondary N) is 2. The summed E-state index contributed by atoms with van der Waals surface area (Å²) in [7, 11) is 0. The maximum Gasteiger partial charge on any atom is 0.259 e. The summed E-state index contributed by atoms with van der Waals surface area (Å²) in [5, 5.41) is 0.977. The van der Waals surface area contributed by atoms with Gasteiger partial charge >= 0.3 is 0 Å². The summed E-state index contributed by atoms with van der Waals surface area (Å²) >= 11 is 0. The summed E-state index contributed by atoms with van der Waals surface area (Å²) in [6.45, 7) is 4.24. The number of fused-ring (bicyclic) bond motifs is 2. The molecule has 0 atom stereocenters. The van der Waals surface area contributed by atoms with Gasteiger partial charge in [-0.25, -0.2) is 4.98 Å². The van der Waals surface area contributed by atoms with Crippen LogP contribution in [0.2, 0.25) is 0 Å². The topological polar surface area (TPSA) is 74.0 Å². The van der Waals surface area contributed by atoms with E-state index in [1.165, 1.54) is 32.4 Å². The monoisotopic (exact) mass is 402 g/mol. The second-order valence-electron chi connectivity index (χ2n) is 7.97. The van der Waals surface area contributed by atoms with Crippen LogP contribution in [0.5, 0.6) is 5.75 Å². The van der Waals surface area contributed by atoms with Crippen molar-refractivity contribution in [3.8, 4) is 17.1 Å². The summed E-state index contributed by atoms with van der Waals surface area (Å²) in [4.78, 5) is 25.9. The van der Waals surface area contributed by atoms with Crippen LogP contribution >= 0.6 is 0 Å². The largest absolute Gasteiger partial charge is 0.493 e. The molecule has 0 amide bonds. The van der Waals surface area contributed by atoms with Crippen molar-refractivity contribution in [3.05, 3.63) is 58.9 Å². The fraction of sp³-hybridized carbons (Fsp3) is 0.333. The van der Waals surface area contributed by atoms with E-state index in [4.69, 9.17) is 4.74 Å². The highest BCUT2D eigenvalue weighted by Crippen LogP contribution is 2.24. The number of H-pyrrole nitrogens is 2. The first-order valence-corrected chi connectivity index (χ1v) is 10.7. The normalized spacial score (nSPS) is 15.1. The van der Waals surface area contributed by atoms with Gasteiger partial charge in [-0.1, -0.05) is 24.6 Å². The lowest BCUT2D eigenvalue weighted by molar-refractivity contribution is 0.205. The molecule has 0 radical (unpaired) electrons. The van der Waals surface area contributed by atoms with Gasteiger partial charge < -0.3 is 19.6 Å². The zero-order chi connectivity index (χ0) is 20.3. The van der Waals surface area contributed by atoms with Crippen LogP contribution in [-0.4, -0.2) is 46.1 Å². The van der Waals surface area contributed by atoms with Gasteiger partial charge in [-0.3, -0.25) is 4.79 Å². The van der Waals surface area contributed by atoms with Gasteiger partial charge in [0.1, 0.15) is 11.6 Å². The first-order chi connectivity index (χ1) is 14.8. The number of likely N-dealkylation sites (tertiary alicyclic amines) is 1. The summed E-state index contributed by atoms with van der Waals surface area (Å²) in [5.74, 6) is 1.39. The van der Waals surface area contributed by atoms with E-state index >= 15 is 0 Å². The molecule has 5 rings (SSSR count). The number of benzene rings is 2. The zero-order valence-corrected chi connectivity index (χ0v) is 17.0. The molecule has 4 aromatic rings. The number of imidazole rings is 1. The van der Waals surface area contributed by atoms with Gasteiger partial charge in [0.15, 0.2) is 0 Å². The molecule has 1 fully saturated rings. The zero-order valence-electron chi connectivity index (χ0n) is 17.0. The number of nitrogens with zero attached hydrogens (tertiary/aromatic N) is 2. The molecule has 2 aromatic heterocycles. The maximum atomic E-state index is 12.5. The van der Waals surface area contributed by atoms with Gasteiger partial charge in [0.05, 0.1) is 23.2 Å². The molecule has 1 aliphatic rings. The number of para-hydroxylation sites is 1. The van der Waals surface area contributed by atoms with Crippen LogP contribution in [0.4, 0.5) is 0 Å². The Hall–Kier alpha value is -3.12. The van der Waals surface area contributed by atoms with Gasteiger partial charge in [0, 0.05) is 18.1 Å². The van der Waals surface area contributed by atoms with Crippen molar-refractivity contribution in [2.75, 3.05) is 26.2 Å². The first-order valence-electron chi connectivity index (χ1n) is 10.7. The van der Waals surface area contributed by atoms with Crippen LogP contribution in [0.15, 0.2) is 53.3 Å². The third-order valence-electron chi connectivity index (χ3n) is 5.80. The quantitative estimate of drug-likeness (QED) is 0.471. The molecular formula is C24H26N4O2. The summed E-state index contributed by atoms with van der Waals surface area (Å²) in [6.07, 6.45) is 5.03. The van der Waals surface area contributed by atoms with E-state index in [1.54, 1.807) is 0 Å². The number of rotatable bonds is 6. The van der Waals surface area contributed by atoms with E-state index in [-0.39, 0.29) is 5.56 Å². The van der Waals surface area contributed by atoms with Crippen molar-refractivity contribution in [1.29, 1.82) is 0 Å². The van der Waals surface area contributed by atoms with Gasteiger partial charge in [-0.2, -0.15) is 0 Å². The number of aromatic amines is 2. The van der Waals surface area contributed by atoms with E-state index in [0.717, 1.165) is 40.7 Å². The molecule has 154 valence electrons. The van der Waals surface area contributed by atoms with E-state index in [0.29, 0.717) is 18.0 Å². The molecule has 2 N–H and O–H groups in total. The maximum absolute atomic E-state index is 12.5. The molecule has 1 aliphatic heterocycles. The Labute approximate surface area is 174 Å². The van der Waals surface area contributed by atoms with Crippen LogP contribution in [0, 0.1) is 0 Å². The summed E-state index contributed by atoms with van der Waals surface area (Å²) < 4.78 is 5.96. The molecule has 30 heavy (non-hydrogen) atoms. The lowest BCUT2D eigenvalue weighted by Crippen LogP contribution is -2.31. The Balaban J connectivity index is 1.30. The fourth-order valence-corrected chi connectivity index (χ4v) is 4.19. The molecule has 6 heteroatoms. The van der Waals surface area contributed by atoms with Gasteiger partial charge in [-0.05, 0) is 62.0 Å². The molecule has 6 nitrogen and oxygen atoms in total. The number of piperidine rings is 1. The van der Waals surface area contributed by atoms with Crippen molar-refractivity contribution in [1.82, 2.24) is 19.9 Å². The number of ether oxygens (including phenoxy) is 1. The number of hydrogen-bond donors (Lipinski definition) is 2. The van der Waals surface area contributed by atoms with Crippen molar-refractivity contribution in [3.63, 3.8) is 0 Å². The molecule has 0 aliphatic carbocycles. The average Bonchev–Trinajstić information content (AvgIpc) is 3.20. The smallest absolute Gasteiger partial charge is 0.259 e. The first kappa shape index (κ1) is 18.9. The third-order valence-corrected chi connectivity index (χ3v) is 5.80. The highest BCUT2D eigenvalue weighted by atomic mass is 16.5. The molecule has 0 saturated carbocycles. The van der Waals surface area contributed by atoms with Crippen LogP contribution in [0.3, 0.4) is 0 Å². The van der Waals surface area contributed by atoms with E-state index < -0.39 is 0 Å². The van der Waals surface area contributed by atoms with Gasteiger partial charge in [0.2, 0.25) is 0 Å². The Morgan fingerprint density at radius 2 is 1.83 bits per heavy atom. The second kappa shape index (κ2) is 8.32. The Kier molecular flexibility index (Phi) is 5.24. The highest BCUT2D eigenvalue weighted by Gasteiger charge is 2.12. The Morgan fingerprint density at radius 1 is 0.967 bits per heavy atom. The third kappa shape index (κ3) is 3.96. The average molecular weight is 402 g/mol. The van der Waals surface area contributed by atoms with Gasteiger partial charge in [0.25, 0.3) is 5.56 Å². The fourth-order valence-electron chi connectivity index (χ4n) is 4.19. The number of hydrogen-bond acceptors (Lipinski definition) is 4. The second-order valence-corrected chi connectivity index (χ2v) is 7.97. The van der Waals surface area contributed by atoms with E-state index in [1.807, 2.05) is 48.5 Å².